The van der Waals surface area contributed by atoms with Crippen LogP contribution in [0.3, 0.4) is 0 Å². The Balaban J connectivity index is 0.00000289. The van der Waals surface area contributed by atoms with E-state index in [0.29, 0.717) is 5.69 Å². The van der Waals surface area contributed by atoms with E-state index in [-0.39, 0.29) is 30.9 Å². The minimum Gasteiger partial charge on any atom is -0.591 e. The first-order valence-electron chi connectivity index (χ1n) is 5.73. The van der Waals surface area contributed by atoms with E-state index < -0.39 is 6.09 Å². The summed E-state index contributed by atoms with van der Waals surface area (Å²) in [6.07, 6.45) is 2.97. The minimum absolute atomic E-state index is 0. The molecule has 0 aliphatic heterocycles. The summed E-state index contributed by atoms with van der Waals surface area (Å²) in [5.41, 5.74) is 0.612. The first kappa shape index (κ1) is 16.8. The van der Waals surface area contributed by atoms with Crippen LogP contribution in [0.2, 0.25) is 0 Å². The fraction of sp³-hybridized carbons (Fsp3) is 0.357. The predicted octanol–water partition coefficient (Wildman–Crippen LogP) is 1.43. The number of carbonyl (C=O) groups excluding carboxylic acids is 1. The van der Waals surface area contributed by atoms with E-state index >= 15 is 0 Å². The number of allylic oxidation sites excluding steroid dienone is 1. The van der Waals surface area contributed by atoms with Crippen molar-refractivity contribution in [3.8, 4) is 0 Å². The van der Waals surface area contributed by atoms with Gasteiger partial charge in [0.05, 0.1) is 0 Å². The summed E-state index contributed by atoms with van der Waals surface area (Å²) in [5, 5.41) is 3.87. The Bertz CT molecular complexity index is 377. The average molecular weight is 239 g/mol. The van der Waals surface area contributed by atoms with Gasteiger partial charge in [-0.05, 0) is 18.9 Å². The van der Waals surface area contributed by atoms with Gasteiger partial charge >= 0.3 is 18.9 Å². The molecule has 0 aliphatic rings. The van der Waals surface area contributed by atoms with Crippen LogP contribution < -0.4 is 18.9 Å². The Morgan fingerprint density at radius 1 is 1.28 bits per heavy atom. The number of benzene rings is 1. The van der Waals surface area contributed by atoms with Gasteiger partial charge in [-0.1, -0.05) is 50.3 Å². The Morgan fingerprint density at radius 3 is 2.39 bits per heavy atom. The topological polar surface area (TPSA) is 40.4 Å². The van der Waals surface area contributed by atoms with E-state index in [9.17, 15) is 4.79 Å². The summed E-state index contributed by atoms with van der Waals surface area (Å²) in [7, 11) is 0. The molecule has 1 aromatic rings. The van der Waals surface area contributed by atoms with Crippen LogP contribution in [0.5, 0.6) is 0 Å². The third kappa shape index (κ3) is 5.95. The molecule has 3 nitrogen and oxygen atoms in total. The number of para-hydroxylation sites is 1. The van der Waals surface area contributed by atoms with Gasteiger partial charge in [0, 0.05) is 0 Å². The second-order valence-corrected chi connectivity index (χ2v) is 4.07. The first-order chi connectivity index (χ1) is 8.13. The molecule has 1 atom stereocenters. The third-order valence-electron chi connectivity index (χ3n) is 2.25. The van der Waals surface area contributed by atoms with Crippen molar-refractivity contribution < 1.29 is 28.4 Å². The van der Waals surface area contributed by atoms with Crippen molar-refractivity contribution in [2.24, 2.45) is 5.92 Å². The van der Waals surface area contributed by atoms with Crippen LogP contribution in [-0.4, -0.2) is 12.2 Å². The predicted molar refractivity (Wildman–Crippen MR) is 69.4 cm³/mol. The van der Waals surface area contributed by atoms with E-state index in [0.717, 1.165) is 0 Å². The first-order valence-corrected chi connectivity index (χ1v) is 5.73. The molecule has 1 amide bonds. The molecular weight excluding hydrogens is 221 g/mol. The van der Waals surface area contributed by atoms with Crippen molar-refractivity contribution in [1.82, 2.24) is 0 Å². The van der Waals surface area contributed by atoms with Gasteiger partial charge in [-0.25, -0.2) is 0 Å². The minimum atomic E-state index is -0.548. The largest absolute Gasteiger partial charge is 1.00 e. The Hall–Kier alpha value is -1.17. The van der Waals surface area contributed by atoms with Crippen molar-refractivity contribution in [1.29, 1.82) is 0 Å². The second-order valence-electron chi connectivity index (χ2n) is 4.07. The molecule has 18 heavy (non-hydrogen) atoms. The van der Waals surface area contributed by atoms with Crippen LogP contribution in [-0.2, 0) is 4.74 Å². The Kier molecular flexibility index (Phi) is 8.27. The standard InChI is InChI=1S/C14H19NO2.Li/c1-4-8-13(11(2)3)17-14(16)15-12-9-6-5-7-10-12;/h4-11,13H,1-3H3,(H,15,16);/q;+1/p-1/b8-4-;. The van der Waals surface area contributed by atoms with Gasteiger partial charge in [0.2, 0.25) is 6.09 Å². The smallest absolute Gasteiger partial charge is 0.591 e. The molecule has 0 saturated heterocycles. The van der Waals surface area contributed by atoms with Crippen LogP contribution in [0.1, 0.15) is 20.8 Å². The monoisotopic (exact) mass is 239 g/mol. The van der Waals surface area contributed by atoms with Gasteiger partial charge < -0.3 is 10.1 Å². The number of ether oxygens (including phenoxy) is 1. The molecule has 0 bridgehead atoms. The molecule has 0 radical (unpaired) electrons. The maximum atomic E-state index is 11.6. The summed E-state index contributed by atoms with van der Waals surface area (Å²) in [6, 6.07) is 9.07. The SMILES string of the molecule is C/C=C\C(OC(=O)[N-]c1ccccc1)C(C)C.[Li+]. The van der Waals surface area contributed by atoms with Gasteiger partial charge in [-0.3, -0.25) is 4.79 Å². The summed E-state index contributed by atoms with van der Waals surface area (Å²) in [4.78, 5) is 11.6. The van der Waals surface area contributed by atoms with E-state index in [1.165, 1.54) is 0 Å². The van der Waals surface area contributed by atoms with Crippen molar-refractivity contribution in [3.05, 3.63) is 47.8 Å². The number of rotatable bonds is 4. The second kappa shape index (κ2) is 8.85. The summed E-state index contributed by atoms with van der Waals surface area (Å²) in [6.45, 7) is 5.90. The van der Waals surface area contributed by atoms with Crippen LogP contribution >= 0.6 is 0 Å². The van der Waals surface area contributed by atoms with Gasteiger partial charge in [0.1, 0.15) is 6.10 Å². The number of hydrogen-bond acceptors (Lipinski definition) is 2. The normalized spacial score (nSPS) is 12.0. The van der Waals surface area contributed by atoms with Crippen molar-refractivity contribution in [2.75, 3.05) is 0 Å². The zero-order valence-electron chi connectivity index (χ0n) is 11.5. The molecule has 0 saturated carbocycles. The molecule has 1 unspecified atom stereocenters. The number of carbonyl (C=O) groups is 1. The van der Waals surface area contributed by atoms with Crippen molar-refractivity contribution in [3.63, 3.8) is 0 Å². The zero-order chi connectivity index (χ0) is 12.7. The summed E-state index contributed by atoms with van der Waals surface area (Å²) < 4.78 is 5.26. The average Bonchev–Trinajstić information content (AvgIpc) is 2.29. The molecule has 0 aromatic heterocycles. The third-order valence-corrected chi connectivity index (χ3v) is 2.25. The van der Waals surface area contributed by atoms with E-state index in [2.05, 4.69) is 5.32 Å². The molecule has 0 aliphatic carbocycles. The molecule has 0 heterocycles. The molecule has 1 rings (SSSR count). The molecule has 0 fully saturated rings. The van der Waals surface area contributed by atoms with Crippen molar-refractivity contribution >= 4 is 11.8 Å². The quantitative estimate of drug-likeness (QED) is 0.589. The van der Waals surface area contributed by atoms with E-state index in [4.69, 9.17) is 4.74 Å². The van der Waals surface area contributed by atoms with Crippen LogP contribution in [0.15, 0.2) is 42.5 Å². The Labute approximate surface area is 121 Å². The fourth-order valence-electron chi connectivity index (χ4n) is 1.34. The van der Waals surface area contributed by atoms with Crippen LogP contribution in [0.25, 0.3) is 5.32 Å². The van der Waals surface area contributed by atoms with Crippen LogP contribution in [0, 0.1) is 5.92 Å². The molecule has 1 aromatic carbocycles. The fourth-order valence-corrected chi connectivity index (χ4v) is 1.34. The van der Waals surface area contributed by atoms with E-state index in [1.807, 2.05) is 51.1 Å². The summed E-state index contributed by atoms with van der Waals surface area (Å²) >= 11 is 0. The molecule has 0 spiro atoms. The number of amides is 1. The molecule has 92 valence electrons. The van der Waals surface area contributed by atoms with E-state index in [1.54, 1.807) is 12.1 Å². The molecule has 4 heteroatoms. The summed E-state index contributed by atoms with van der Waals surface area (Å²) in [5.74, 6) is 0.237. The number of hydrogen-bond donors (Lipinski definition) is 0. The van der Waals surface area contributed by atoms with Crippen LogP contribution in [0.4, 0.5) is 10.5 Å². The van der Waals surface area contributed by atoms with Gasteiger partial charge in [0.25, 0.3) is 0 Å². The Morgan fingerprint density at radius 2 is 1.89 bits per heavy atom. The number of nitrogens with zero attached hydrogens (tertiary/aromatic N) is 1. The van der Waals surface area contributed by atoms with Gasteiger partial charge in [-0.2, -0.15) is 0 Å². The van der Waals surface area contributed by atoms with Gasteiger partial charge in [0.15, 0.2) is 0 Å². The maximum absolute atomic E-state index is 11.6. The molecule has 0 N–H and O–H groups in total. The van der Waals surface area contributed by atoms with Crippen molar-refractivity contribution in [2.45, 2.75) is 26.9 Å². The zero-order valence-corrected chi connectivity index (χ0v) is 11.5. The van der Waals surface area contributed by atoms with Gasteiger partial charge in [-0.15, -0.1) is 5.69 Å². The molecular formula is C14H18LiNO2. The maximum Gasteiger partial charge on any atom is 1.00 e.